The van der Waals surface area contributed by atoms with Crippen molar-refractivity contribution >= 4 is 22.4 Å². The molecule has 0 aromatic carbocycles. The van der Waals surface area contributed by atoms with Gasteiger partial charge >= 0.3 is 0 Å². The molecule has 0 bridgehead atoms. The van der Waals surface area contributed by atoms with Gasteiger partial charge in [0.1, 0.15) is 0 Å². The van der Waals surface area contributed by atoms with Crippen molar-refractivity contribution < 1.29 is 4.79 Å². The van der Waals surface area contributed by atoms with E-state index >= 15 is 0 Å². The largest absolute Gasteiger partial charge is 0.344 e. The molecule has 5 nitrogen and oxygen atoms in total. The zero-order valence-electron chi connectivity index (χ0n) is 13.5. The average molecular weight is 310 g/mol. The molecule has 0 saturated carbocycles. The molecular formula is C15H26N4OS. The van der Waals surface area contributed by atoms with Crippen LogP contribution in [0.2, 0.25) is 0 Å². The number of amides is 1. The van der Waals surface area contributed by atoms with Gasteiger partial charge in [-0.3, -0.25) is 4.79 Å². The molecule has 6 heteroatoms. The number of hydrogen-bond acceptors (Lipinski definition) is 5. The van der Waals surface area contributed by atoms with E-state index in [0.717, 1.165) is 43.3 Å². The molecule has 0 aliphatic carbocycles. The predicted molar refractivity (Wildman–Crippen MR) is 88.0 cm³/mol. The lowest BCUT2D eigenvalue weighted by atomic mass is 10.2. The molecule has 1 saturated heterocycles. The highest BCUT2D eigenvalue weighted by molar-refractivity contribution is 7.15. The van der Waals surface area contributed by atoms with Crippen LogP contribution in [0.1, 0.15) is 43.3 Å². The normalized spacial score (nSPS) is 18.0. The Morgan fingerprint density at radius 3 is 2.90 bits per heavy atom. The first-order valence-corrected chi connectivity index (χ1v) is 8.54. The Balaban J connectivity index is 2.12. The van der Waals surface area contributed by atoms with E-state index in [-0.39, 0.29) is 5.91 Å². The third-order valence-corrected chi connectivity index (χ3v) is 5.26. The quantitative estimate of drug-likeness (QED) is 0.905. The van der Waals surface area contributed by atoms with Gasteiger partial charge in [0.25, 0.3) is 0 Å². The molecule has 1 atom stereocenters. The van der Waals surface area contributed by atoms with Crippen molar-refractivity contribution in [3.63, 3.8) is 0 Å². The fourth-order valence-corrected chi connectivity index (χ4v) is 3.65. The highest BCUT2D eigenvalue weighted by atomic mass is 32.1. The van der Waals surface area contributed by atoms with E-state index in [4.69, 9.17) is 4.98 Å². The summed E-state index contributed by atoms with van der Waals surface area (Å²) in [4.78, 5) is 21.9. The van der Waals surface area contributed by atoms with Crippen molar-refractivity contribution in [2.24, 2.45) is 0 Å². The number of rotatable bonds is 5. The number of aromatic nitrogens is 1. The smallest absolute Gasteiger partial charge is 0.241 e. The number of nitrogens with zero attached hydrogens (tertiary/aromatic N) is 3. The number of likely N-dealkylation sites (N-methyl/N-ethyl adjacent to an activating group) is 1. The first kappa shape index (κ1) is 16.2. The molecule has 0 spiro atoms. The van der Waals surface area contributed by atoms with Crippen LogP contribution in [0, 0.1) is 6.92 Å². The highest BCUT2D eigenvalue weighted by Crippen LogP contribution is 2.31. The monoisotopic (exact) mass is 310 g/mol. The van der Waals surface area contributed by atoms with Crippen molar-refractivity contribution in [3.05, 3.63) is 10.6 Å². The minimum atomic E-state index is 0.180. The maximum absolute atomic E-state index is 12.0. The van der Waals surface area contributed by atoms with Crippen molar-refractivity contribution in [1.29, 1.82) is 0 Å². The second kappa shape index (κ2) is 7.22. The SMILES string of the molecule is CCCNC(C)c1sc(N2CCCN(C)C(=O)C2)nc1C. The molecule has 1 amide bonds. The number of hydrogen-bond donors (Lipinski definition) is 1. The van der Waals surface area contributed by atoms with E-state index in [1.807, 2.05) is 11.9 Å². The number of anilines is 1. The fraction of sp³-hybridized carbons (Fsp3) is 0.733. The molecular weight excluding hydrogens is 284 g/mol. The van der Waals surface area contributed by atoms with Crippen LogP contribution >= 0.6 is 11.3 Å². The van der Waals surface area contributed by atoms with Gasteiger partial charge in [-0.15, -0.1) is 0 Å². The fourth-order valence-electron chi connectivity index (χ4n) is 2.53. The molecule has 0 radical (unpaired) electrons. The number of carbonyl (C=O) groups is 1. The van der Waals surface area contributed by atoms with Crippen LogP contribution in [-0.4, -0.2) is 49.0 Å². The van der Waals surface area contributed by atoms with Crippen LogP contribution < -0.4 is 10.2 Å². The van der Waals surface area contributed by atoms with E-state index in [0.29, 0.717) is 12.6 Å². The number of carbonyl (C=O) groups excluding carboxylic acids is 1. The molecule has 1 aliphatic rings. The molecule has 118 valence electrons. The maximum Gasteiger partial charge on any atom is 0.241 e. The van der Waals surface area contributed by atoms with E-state index < -0.39 is 0 Å². The minimum absolute atomic E-state index is 0.180. The third-order valence-electron chi connectivity index (χ3n) is 3.86. The standard InChI is InChI=1S/C15H26N4OS/c1-5-7-16-11(2)14-12(3)17-15(21-14)19-9-6-8-18(4)13(20)10-19/h11,16H,5-10H2,1-4H3. The number of nitrogens with one attached hydrogen (secondary N) is 1. The van der Waals surface area contributed by atoms with Gasteiger partial charge in [0.2, 0.25) is 5.91 Å². The molecule has 2 heterocycles. The van der Waals surface area contributed by atoms with Crippen molar-refractivity contribution in [1.82, 2.24) is 15.2 Å². The van der Waals surface area contributed by atoms with Crippen LogP contribution in [0.5, 0.6) is 0 Å². The van der Waals surface area contributed by atoms with Gasteiger partial charge < -0.3 is 15.1 Å². The predicted octanol–water partition coefficient (Wildman–Crippen LogP) is 2.18. The maximum atomic E-state index is 12.0. The molecule has 1 aliphatic heterocycles. The summed E-state index contributed by atoms with van der Waals surface area (Å²) in [6, 6.07) is 0.321. The van der Waals surface area contributed by atoms with Crippen LogP contribution in [0.4, 0.5) is 5.13 Å². The van der Waals surface area contributed by atoms with Crippen molar-refractivity contribution in [3.8, 4) is 0 Å². The number of thiazole rings is 1. The summed E-state index contributed by atoms with van der Waals surface area (Å²) in [5, 5.41) is 4.49. The molecule has 21 heavy (non-hydrogen) atoms. The Hall–Kier alpha value is -1.14. The van der Waals surface area contributed by atoms with Crippen LogP contribution in [0.3, 0.4) is 0 Å². The Morgan fingerprint density at radius 1 is 1.43 bits per heavy atom. The van der Waals surface area contributed by atoms with Gasteiger partial charge in [0.05, 0.1) is 12.2 Å². The van der Waals surface area contributed by atoms with Crippen LogP contribution in [0.15, 0.2) is 0 Å². The lowest BCUT2D eigenvalue weighted by molar-refractivity contribution is -0.127. The van der Waals surface area contributed by atoms with Gasteiger partial charge in [-0.2, -0.15) is 0 Å². The summed E-state index contributed by atoms with van der Waals surface area (Å²) < 4.78 is 0. The molecule has 1 fully saturated rings. The summed E-state index contributed by atoms with van der Waals surface area (Å²) in [7, 11) is 1.88. The second-order valence-electron chi connectivity index (χ2n) is 5.71. The number of aryl methyl sites for hydroxylation is 1. The minimum Gasteiger partial charge on any atom is -0.344 e. The lowest BCUT2D eigenvalue weighted by Gasteiger charge is -2.18. The lowest BCUT2D eigenvalue weighted by Crippen LogP contribution is -2.34. The van der Waals surface area contributed by atoms with E-state index in [1.54, 1.807) is 11.3 Å². The summed E-state index contributed by atoms with van der Waals surface area (Å²) in [5.74, 6) is 0.180. The second-order valence-corrected chi connectivity index (χ2v) is 6.72. The van der Waals surface area contributed by atoms with Gasteiger partial charge in [0, 0.05) is 31.1 Å². The molecule has 1 aromatic heterocycles. The van der Waals surface area contributed by atoms with Gasteiger partial charge in [-0.25, -0.2) is 4.98 Å². The Bertz CT molecular complexity index is 488. The Kier molecular flexibility index (Phi) is 5.58. The van der Waals surface area contributed by atoms with Crippen molar-refractivity contribution in [2.45, 2.75) is 39.7 Å². The van der Waals surface area contributed by atoms with E-state index in [2.05, 4.69) is 31.0 Å². The van der Waals surface area contributed by atoms with E-state index in [1.165, 1.54) is 4.88 Å². The zero-order chi connectivity index (χ0) is 15.4. The first-order valence-electron chi connectivity index (χ1n) is 7.72. The zero-order valence-corrected chi connectivity index (χ0v) is 14.3. The van der Waals surface area contributed by atoms with Gasteiger partial charge in [-0.05, 0) is 33.2 Å². The molecule has 1 aromatic rings. The molecule has 2 rings (SSSR count). The van der Waals surface area contributed by atoms with Gasteiger partial charge in [0.15, 0.2) is 5.13 Å². The molecule has 1 unspecified atom stereocenters. The van der Waals surface area contributed by atoms with Gasteiger partial charge in [-0.1, -0.05) is 18.3 Å². The highest BCUT2D eigenvalue weighted by Gasteiger charge is 2.23. The van der Waals surface area contributed by atoms with Crippen molar-refractivity contribution in [2.75, 3.05) is 38.1 Å². The molecule has 1 N–H and O–H groups in total. The van der Waals surface area contributed by atoms with E-state index in [9.17, 15) is 4.79 Å². The first-order chi connectivity index (χ1) is 10.0. The van der Waals surface area contributed by atoms with Crippen LogP contribution in [-0.2, 0) is 4.79 Å². The Labute approximate surface area is 131 Å². The summed E-state index contributed by atoms with van der Waals surface area (Å²) in [6.45, 7) is 9.61. The summed E-state index contributed by atoms with van der Waals surface area (Å²) in [6.07, 6.45) is 2.13. The Morgan fingerprint density at radius 2 is 2.19 bits per heavy atom. The average Bonchev–Trinajstić information content (AvgIpc) is 2.76. The summed E-state index contributed by atoms with van der Waals surface area (Å²) >= 11 is 1.72. The third kappa shape index (κ3) is 3.95. The van der Waals surface area contributed by atoms with Crippen LogP contribution in [0.25, 0.3) is 0 Å². The summed E-state index contributed by atoms with van der Waals surface area (Å²) in [5.41, 5.74) is 1.08. The topological polar surface area (TPSA) is 48.5 Å².